The van der Waals surface area contributed by atoms with Crippen molar-refractivity contribution < 1.29 is 19.8 Å². The maximum absolute atomic E-state index is 12.0. The molecule has 0 aromatic carbocycles. The largest absolute Gasteiger partial charge is 0.480 e. The molecule has 0 aliphatic heterocycles. The Morgan fingerprint density at radius 2 is 2.06 bits per heavy atom. The molecule has 6 nitrogen and oxygen atoms in total. The molecular weight excluding hydrogens is 236 g/mol. The van der Waals surface area contributed by atoms with Gasteiger partial charge in [0.1, 0.15) is 0 Å². The number of urea groups is 1. The van der Waals surface area contributed by atoms with Crippen LogP contribution in [-0.4, -0.2) is 52.3 Å². The van der Waals surface area contributed by atoms with Gasteiger partial charge in [0.2, 0.25) is 0 Å². The number of aliphatic carboxylic acids is 1. The Labute approximate surface area is 107 Å². The van der Waals surface area contributed by atoms with E-state index in [-0.39, 0.29) is 0 Å². The molecule has 104 valence electrons. The highest BCUT2D eigenvalue weighted by Gasteiger charge is 2.30. The van der Waals surface area contributed by atoms with E-state index >= 15 is 0 Å². The maximum Gasteiger partial charge on any atom is 0.328 e. The van der Waals surface area contributed by atoms with Crippen LogP contribution in [-0.2, 0) is 4.79 Å². The summed E-state index contributed by atoms with van der Waals surface area (Å²) in [6, 6.07) is -1.66. The summed E-state index contributed by atoms with van der Waals surface area (Å²) in [5.74, 6) is -0.668. The van der Waals surface area contributed by atoms with Crippen LogP contribution in [0.4, 0.5) is 4.79 Å². The quantitative estimate of drug-likeness (QED) is 0.625. The molecule has 1 fully saturated rings. The summed E-state index contributed by atoms with van der Waals surface area (Å²) in [4.78, 5) is 24.5. The van der Waals surface area contributed by atoms with Crippen LogP contribution in [0.3, 0.4) is 0 Å². The minimum Gasteiger partial charge on any atom is -0.480 e. The Hall–Kier alpha value is -1.30. The van der Waals surface area contributed by atoms with Crippen LogP contribution >= 0.6 is 0 Å². The van der Waals surface area contributed by atoms with Gasteiger partial charge in [0.25, 0.3) is 0 Å². The molecular formula is C12H22N2O4. The van der Waals surface area contributed by atoms with E-state index in [0.717, 1.165) is 19.3 Å². The van der Waals surface area contributed by atoms with E-state index in [2.05, 4.69) is 5.32 Å². The van der Waals surface area contributed by atoms with Crippen LogP contribution in [0.5, 0.6) is 0 Å². The molecule has 1 rings (SSSR count). The zero-order valence-corrected chi connectivity index (χ0v) is 10.9. The third-order valence-electron chi connectivity index (χ3n) is 2.98. The van der Waals surface area contributed by atoms with Gasteiger partial charge in [-0.1, -0.05) is 6.92 Å². The summed E-state index contributed by atoms with van der Waals surface area (Å²) in [7, 11) is 0. The lowest BCUT2D eigenvalue weighted by Crippen LogP contribution is -2.52. The highest BCUT2D eigenvalue weighted by molar-refractivity contribution is 5.83. The number of carbonyl (C=O) groups excluding carboxylic acids is 1. The van der Waals surface area contributed by atoms with E-state index in [4.69, 9.17) is 5.11 Å². The molecule has 0 bridgehead atoms. The van der Waals surface area contributed by atoms with E-state index in [0.29, 0.717) is 19.0 Å². The Morgan fingerprint density at radius 1 is 1.44 bits per heavy atom. The fourth-order valence-corrected chi connectivity index (χ4v) is 1.77. The van der Waals surface area contributed by atoms with E-state index in [1.54, 1.807) is 4.90 Å². The van der Waals surface area contributed by atoms with Gasteiger partial charge in [-0.25, -0.2) is 9.59 Å². The van der Waals surface area contributed by atoms with E-state index in [1.165, 1.54) is 6.92 Å². The van der Waals surface area contributed by atoms with E-state index < -0.39 is 24.1 Å². The summed E-state index contributed by atoms with van der Waals surface area (Å²) in [6.07, 6.45) is 1.97. The standard InChI is InChI=1S/C12H22N2O4/c1-3-6-14(7-9-4-5-9)12(18)13-10(8(2)15)11(16)17/h8-10,15H,3-7H2,1-2H3,(H,13,18)(H,16,17). The molecule has 18 heavy (non-hydrogen) atoms. The third kappa shape index (κ3) is 4.52. The number of carboxylic acid groups (broad SMARTS) is 1. The molecule has 3 N–H and O–H groups in total. The first-order valence-corrected chi connectivity index (χ1v) is 6.42. The fourth-order valence-electron chi connectivity index (χ4n) is 1.77. The van der Waals surface area contributed by atoms with Crippen molar-refractivity contribution in [3.63, 3.8) is 0 Å². The number of aliphatic hydroxyl groups excluding tert-OH is 1. The molecule has 0 aromatic heterocycles. The predicted molar refractivity (Wildman–Crippen MR) is 66.2 cm³/mol. The van der Waals surface area contributed by atoms with Crippen molar-refractivity contribution in [2.24, 2.45) is 5.92 Å². The first-order chi connectivity index (χ1) is 8.45. The van der Waals surface area contributed by atoms with Crippen LogP contribution in [0.15, 0.2) is 0 Å². The predicted octanol–water partition coefficient (Wildman–Crippen LogP) is 0.652. The van der Waals surface area contributed by atoms with Gasteiger partial charge in [-0.05, 0) is 32.1 Å². The normalized spacial score (nSPS) is 17.9. The summed E-state index contributed by atoms with van der Waals surface area (Å²) in [5.41, 5.74) is 0. The third-order valence-corrected chi connectivity index (χ3v) is 2.98. The highest BCUT2D eigenvalue weighted by Crippen LogP contribution is 2.29. The SMILES string of the molecule is CCCN(CC1CC1)C(=O)NC(C(=O)O)C(C)O. The number of aliphatic hydroxyl groups is 1. The molecule has 1 saturated carbocycles. The van der Waals surface area contributed by atoms with Crippen LogP contribution < -0.4 is 5.32 Å². The summed E-state index contributed by atoms with van der Waals surface area (Å²) in [6.45, 7) is 4.60. The first-order valence-electron chi connectivity index (χ1n) is 6.42. The Bertz CT molecular complexity index is 302. The lowest BCUT2D eigenvalue weighted by Gasteiger charge is -2.25. The molecule has 0 spiro atoms. The number of carboxylic acids is 1. The van der Waals surface area contributed by atoms with Crippen molar-refractivity contribution in [1.29, 1.82) is 0 Å². The Morgan fingerprint density at radius 3 is 2.44 bits per heavy atom. The first kappa shape index (κ1) is 14.8. The van der Waals surface area contributed by atoms with Crippen LogP contribution in [0.2, 0.25) is 0 Å². The number of amides is 2. The van der Waals surface area contributed by atoms with Gasteiger partial charge in [-0.15, -0.1) is 0 Å². The smallest absolute Gasteiger partial charge is 0.328 e. The number of hydrogen-bond acceptors (Lipinski definition) is 3. The van der Waals surface area contributed by atoms with Crippen molar-refractivity contribution in [3.8, 4) is 0 Å². The number of nitrogens with one attached hydrogen (secondary N) is 1. The van der Waals surface area contributed by atoms with Crippen LogP contribution in [0.25, 0.3) is 0 Å². The van der Waals surface area contributed by atoms with E-state index in [9.17, 15) is 14.7 Å². The van der Waals surface area contributed by atoms with Crippen molar-refractivity contribution >= 4 is 12.0 Å². The van der Waals surface area contributed by atoms with Crippen molar-refractivity contribution in [2.45, 2.75) is 45.3 Å². The van der Waals surface area contributed by atoms with Crippen LogP contribution in [0.1, 0.15) is 33.1 Å². The van der Waals surface area contributed by atoms with Crippen LogP contribution in [0, 0.1) is 5.92 Å². The molecule has 2 unspecified atom stereocenters. The lowest BCUT2D eigenvalue weighted by atomic mass is 10.2. The van der Waals surface area contributed by atoms with Crippen molar-refractivity contribution in [2.75, 3.05) is 13.1 Å². The molecule has 2 amide bonds. The maximum atomic E-state index is 12.0. The summed E-state index contributed by atoms with van der Waals surface area (Å²) in [5, 5.41) is 20.6. The second-order valence-corrected chi connectivity index (χ2v) is 4.90. The van der Waals surface area contributed by atoms with Gasteiger partial charge in [0.05, 0.1) is 6.10 Å². The zero-order chi connectivity index (χ0) is 13.7. The highest BCUT2D eigenvalue weighted by atomic mass is 16.4. The molecule has 0 saturated heterocycles. The Balaban J connectivity index is 2.54. The molecule has 0 heterocycles. The average molecular weight is 258 g/mol. The van der Waals surface area contributed by atoms with Gasteiger partial charge in [-0.3, -0.25) is 0 Å². The monoisotopic (exact) mass is 258 g/mol. The van der Waals surface area contributed by atoms with Gasteiger partial charge in [0.15, 0.2) is 6.04 Å². The molecule has 0 aromatic rings. The van der Waals surface area contributed by atoms with Gasteiger partial charge >= 0.3 is 12.0 Å². The summed E-state index contributed by atoms with van der Waals surface area (Å²) < 4.78 is 0. The van der Waals surface area contributed by atoms with E-state index in [1.807, 2.05) is 6.92 Å². The van der Waals surface area contributed by atoms with Gasteiger partial charge < -0.3 is 20.4 Å². The Kier molecular flexibility index (Phi) is 5.40. The minimum absolute atomic E-state index is 0.406. The molecule has 6 heteroatoms. The number of nitrogens with zero attached hydrogens (tertiary/aromatic N) is 1. The molecule has 1 aliphatic rings. The van der Waals surface area contributed by atoms with Gasteiger partial charge in [0, 0.05) is 13.1 Å². The molecule has 1 aliphatic carbocycles. The van der Waals surface area contributed by atoms with Crippen molar-refractivity contribution in [3.05, 3.63) is 0 Å². The second kappa shape index (κ2) is 6.58. The van der Waals surface area contributed by atoms with Crippen molar-refractivity contribution in [1.82, 2.24) is 10.2 Å². The molecule has 2 atom stereocenters. The second-order valence-electron chi connectivity index (χ2n) is 4.90. The topological polar surface area (TPSA) is 89.9 Å². The molecule has 0 radical (unpaired) electrons. The number of carbonyl (C=O) groups is 2. The number of hydrogen-bond donors (Lipinski definition) is 3. The fraction of sp³-hybridized carbons (Fsp3) is 0.833. The minimum atomic E-state index is -1.25. The van der Waals surface area contributed by atoms with Gasteiger partial charge in [-0.2, -0.15) is 0 Å². The summed E-state index contributed by atoms with van der Waals surface area (Å²) >= 11 is 0. The number of rotatable bonds is 7. The zero-order valence-electron chi connectivity index (χ0n) is 10.9. The lowest BCUT2D eigenvalue weighted by molar-refractivity contribution is -0.141. The average Bonchev–Trinajstić information content (AvgIpc) is 3.07.